The fraction of sp³-hybridized carbons (Fsp3) is 0.700. The first kappa shape index (κ1) is 13.4. The second kappa shape index (κ2) is 6.19. The summed E-state index contributed by atoms with van der Waals surface area (Å²) in [6.07, 6.45) is 1.19. The maximum Gasteiger partial charge on any atom is 0.326 e. The van der Waals surface area contributed by atoms with Crippen molar-refractivity contribution in [2.24, 2.45) is 0 Å². The van der Waals surface area contributed by atoms with Crippen LogP contribution < -0.4 is 10.6 Å². The van der Waals surface area contributed by atoms with E-state index in [1.165, 1.54) is 7.11 Å². The third-order valence-electron chi connectivity index (χ3n) is 2.59. The van der Waals surface area contributed by atoms with Crippen molar-refractivity contribution < 1.29 is 24.2 Å². The van der Waals surface area contributed by atoms with Gasteiger partial charge in [0.2, 0.25) is 5.91 Å². The van der Waals surface area contributed by atoms with E-state index < -0.39 is 18.0 Å². The van der Waals surface area contributed by atoms with Gasteiger partial charge >= 0.3 is 11.9 Å². The van der Waals surface area contributed by atoms with Gasteiger partial charge in [0.05, 0.1) is 19.6 Å². The van der Waals surface area contributed by atoms with E-state index in [1.54, 1.807) is 0 Å². The molecule has 0 aliphatic carbocycles. The molecule has 0 unspecified atom stereocenters. The van der Waals surface area contributed by atoms with Crippen molar-refractivity contribution in [1.29, 1.82) is 0 Å². The van der Waals surface area contributed by atoms with Gasteiger partial charge in [-0.05, 0) is 19.4 Å². The Morgan fingerprint density at radius 2 is 2.24 bits per heavy atom. The minimum atomic E-state index is -1.25. The zero-order chi connectivity index (χ0) is 12.8. The zero-order valence-corrected chi connectivity index (χ0v) is 9.56. The van der Waals surface area contributed by atoms with Crippen LogP contribution in [0.3, 0.4) is 0 Å². The van der Waals surface area contributed by atoms with E-state index in [4.69, 9.17) is 5.11 Å². The van der Waals surface area contributed by atoms with E-state index in [2.05, 4.69) is 15.4 Å². The van der Waals surface area contributed by atoms with Crippen LogP contribution in [0.2, 0.25) is 0 Å². The molecular formula is C10H16N2O5. The molecule has 0 aromatic carbocycles. The van der Waals surface area contributed by atoms with Crippen molar-refractivity contribution in [1.82, 2.24) is 10.6 Å². The van der Waals surface area contributed by atoms with Gasteiger partial charge in [0.15, 0.2) is 0 Å². The third kappa shape index (κ3) is 4.03. The van der Waals surface area contributed by atoms with Crippen LogP contribution >= 0.6 is 0 Å². The molecule has 1 rings (SSSR count). The molecule has 0 aromatic heterocycles. The highest BCUT2D eigenvalue weighted by atomic mass is 16.5. The number of nitrogens with one attached hydrogen (secondary N) is 2. The number of amides is 1. The number of ether oxygens (including phenoxy) is 1. The summed E-state index contributed by atoms with van der Waals surface area (Å²) in [6.45, 7) is 0.743. The maximum atomic E-state index is 11.6. The van der Waals surface area contributed by atoms with Crippen LogP contribution in [0, 0.1) is 0 Å². The van der Waals surface area contributed by atoms with Crippen LogP contribution in [0.1, 0.15) is 19.3 Å². The first-order chi connectivity index (χ1) is 8.04. The average Bonchev–Trinajstić information content (AvgIpc) is 2.81. The number of carboxylic acid groups (broad SMARTS) is 1. The smallest absolute Gasteiger partial charge is 0.326 e. The van der Waals surface area contributed by atoms with Crippen LogP contribution in [0.4, 0.5) is 0 Å². The molecule has 1 heterocycles. The molecule has 0 bridgehead atoms. The van der Waals surface area contributed by atoms with E-state index >= 15 is 0 Å². The topological polar surface area (TPSA) is 105 Å². The van der Waals surface area contributed by atoms with Crippen molar-refractivity contribution in [3.05, 3.63) is 0 Å². The van der Waals surface area contributed by atoms with E-state index in [9.17, 15) is 14.4 Å². The summed E-state index contributed by atoms with van der Waals surface area (Å²) < 4.78 is 4.37. The Morgan fingerprint density at radius 1 is 1.53 bits per heavy atom. The summed E-state index contributed by atoms with van der Waals surface area (Å²) in [6, 6.07) is -1.60. The summed E-state index contributed by atoms with van der Waals surface area (Å²) in [4.78, 5) is 33.5. The normalized spacial score (nSPS) is 20.6. The highest BCUT2D eigenvalue weighted by molar-refractivity contribution is 5.89. The Labute approximate surface area is 98.5 Å². The van der Waals surface area contributed by atoms with Crippen molar-refractivity contribution in [2.45, 2.75) is 31.3 Å². The van der Waals surface area contributed by atoms with Crippen LogP contribution in [0.15, 0.2) is 0 Å². The summed E-state index contributed by atoms with van der Waals surface area (Å²) >= 11 is 0. The van der Waals surface area contributed by atoms with Crippen LogP contribution in [-0.4, -0.2) is 48.7 Å². The number of hydrogen-bond acceptors (Lipinski definition) is 5. The van der Waals surface area contributed by atoms with Gasteiger partial charge in [-0.2, -0.15) is 0 Å². The Morgan fingerprint density at radius 3 is 2.71 bits per heavy atom. The number of hydrogen-bond donors (Lipinski definition) is 3. The van der Waals surface area contributed by atoms with Gasteiger partial charge in [0.1, 0.15) is 6.04 Å². The molecule has 3 N–H and O–H groups in total. The van der Waals surface area contributed by atoms with Crippen LogP contribution in [0.5, 0.6) is 0 Å². The summed E-state index contributed by atoms with van der Waals surface area (Å²) in [5, 5.41) is 14.1. The lowest BCUT2D eigenvalue weighted by Crippen LogP contribution is -2.49. The molecule has 7 heteroatoms. The summed E-state index contributed by atoms with van der Waals surface area (Å²) in [5.74, 6) is -2.31. The van der Waals surface area contributed by atoms with Gasteiger partial charge in [-0.15, -0.1) is 0 Å². The molecule has 1 aliphatic rings. The summed E-state index contributed by atoms with van der Waals surface area (Å²) in [7, 11) is 1.17. The average molecular weight is 244 g/mol. The number of methoxy groups -OCH3 is 1. The molecule has 7 nitrogen and oxygen atoms in total. The minimum Gasteiger partial charge on any atom is -0.480 e. The lowest BCUT2D eigenvalue weighted by Gasteiger charge is -2.16. The van der Waals surface area contributed by atoms with Gasteiger partial charge in [-0.25, -0.2) is 4.79 Å². The number of rotatable bonds is 5. The predicted molar refractivity (Wildman–Crippen MR) is 57.2 cm³/mol. The molecule has 1 saturated heterocycles. The van der Waals surface area contributed by atoms with E-state index in [0.29, 0.717) is 6.42 Å². The molecule has 96 valence electrons. The fourth-order valence-electron chi connectivity index (χ4n) is 1.63. The van der Waals surface area contributed by atoms with Gasteiger partial charge in [0, 0.05) is 0 Å². The first-order valence-electron chi connectivity index (χ1n) is 5.38. The van der Waals surface area contributed by atoms with E-state index in [0.717, 1.165) is 13.0 Å². The molecule has 1 aliphatic heterocycles. The largest absolute Gasteiger partial charge is 0.480 e. The number of carboxylic acids is 1. The van der Waals surface area contributed by atoms with Crippen molar-refractivity contribution in [3.63, 3.8) is 0 Å². The van der Waals surface area contributed by atoms with Gasteiger partial charge in [-0.1, -0.05) is 0 Å². The van der Waals surface area contributed by atoms with Gasteiger partial charge < -0.3 is 20.5 Å². The Hall–Kier alpha value is -1.63. The Bertz CT molecular complexity index is 312. The zero-order valence-electron chi connectivity index (χ0n) is 9.56. The molecule has 0 aromatic rings. The van der Waals surface area contributed by atoms with E-state index in [1.807, 2.05) is 0 Å². The molecule has 0 spiro atoms. The number of esters is 1. The summed E-state index contributed by atoms with van der Waals surface area (Å²) in [5.41, 5.74) is 0. The molecule has 17 heavy (non-hydrogen) atoms. The second-order valence-electron chi connectivity index (χ2n) is 3.83. The molecule has 0 saturated carbocycles. The number of aliphatic carboxylic acids is 1. The number of carbonyl (C=O) groups is 3. The lowest BCUT2D eigenvalue weighted by molar-refractivity contribution is -0.148. The molecule has 2 atom stereocenters. The van der Waals surface area contributed by atoms with Gasteiger partial charge in [0.25, 0.3) is 0 Å². The highest BCUT2D eigenvalue weighted by Gasteiger charge is 2.28. The molecular weight excluding hydrogens is 228 g/mol. The third-order valence-corrected chi connectivity index (χ3v) is 2.59. The van der Waals surface area contributed by atoms with Crippen LogP contribution in [-0.2, 0) is 19.1 Å². The molecule has 1 amide bonds. The second-order valence-corrected chi connectivity index (χ2v) is 3.83. The van der Waals surface area contributed by atoms with E-state index in [-0.39, 0.29) is 18.4 Å². The Kier molecular flexibility index (Phi) is 4.89. The first-order valence-corrected chi connectivity index (χ1v) is 5.38. The monoisotopic (exact) mass is 244 g/mol. The van der Waals surface area contributed by atoms with Crippen molar-refractivity contribution in [3.8, 4) is 0 Å². The quantitative estimate of drug-likeness (QED) is 0.529. The standard InChI is InChI=1S/C10H16N2O5/c1-17-8(13)5-7(10(15)16)12-9(14)6-3-2-4-11-6/h6-7,11H,2-5H2,1H3,(H,12,14)(H,15,16)/t6-,7-/m0/s1. The highest BCUT2D eigenvalue weighted by Crippen LogP contribution is 2.06. The predicted octanol–water partition coefficient (Wildman–Crippen LogP) is -1.13. The molecule has 0 radical (unpaired) electrons. The van der Waals surface area contributed by atoms with Gasteiger partial charge in [-0.3, -0.25) is 9.59 Å². The van der Waals surface area contributed by atoms with Crippen LogP contribution in [0.25, 0.3) is 0 Å². The Balaban J connectivity index is 2.50. The maximum absolute atomic E-state index is 11.6. The SMILES string of the molecule is COC(=O)C[C@H](NC(=O)[C@@H]1CCCN1)C(=O)O. The fourth-order valence-corrected chi connectivity index (χ4v) is 1.63. The number of carbonyl (C=O) groups excluding carboxylic acids is 2. The van der Waals surface area contributed by atoms with Crippen molar-refractivity contribution in [2.75, 3.05) is 13.7 Å². The van der Waals surface area contributed by atoms with Crippen molar-refractivity contribution >= 4 is 17.8 Å². The minimum absolute atomic E-state index is 0.366. The molecule has 1 fully saturated rings. The lowest BCUT2D eigenvalue weighted by atomic mass is 10.1.